The van der Waals surface area contributed by atoms with E-state index in [1.54, 1.807) is 13.2 Å². The van der Waals surface area contributed by atoms with E-state index >= 15 is 0 Å². The molecule has 13 heavy (non-hydrogen) atoms. The lowest BCUT2D eigenvalue weighted by molar-refractivity contribution is 0.406. The van der Waals surface area contributed by atoms with E-state index in [1.807, 2.05) is 12.1 Å². The summed E-state index contributed by atoms with van der Waals surface area (Å²) >= 11 is 5.97. The smallest absolute Gasteiger partial charge is 0.125 e. The van der Waals surface area contributed by atoms with Gasteiger partial charge in [-0.25, -0.2) is 0 Å². The van der Waals surface area contributed by atoms with Crippen LogP contribution >= 0.6 is 11.6 Å². The zero-order valence-corrected chi connectivity index (χ0v) is 8.21. The van der Waals surface area contributed by atoms with Gasteiger partial charge in [-0.3, -0.25) is 0 Å². The van der Waals surface area contributed by atoms with Gasteiger partial charge in [-0.15, -0.1) is 0 Å². The second-order valence-electron chi connectivity index (χ2n) is 2.70. The predicted molar refractivity (Wildman–Crippen MR) is 54.0 cm³/mol. The molecule has 0 aliphatic heterocycles. The minimum absolute atomic E-state index is 0.274. The molecule has 0 radical (unpaired) electrons. The highest BCUT2D eigenvalue weighted by atomic mass is 35.5. The number of hydrogen-bond donors (Lipinski definition) is 2. The zero-order valence-electron chi connectivity index (χ0n) is 7.46. The summed E-state index contributed by atoms with van der Waals surface area (Å²) < 4.78 is 5.13. The molecule has 0 aliphatic rings. The molecular weight excluding hydrogens is 188 g/mol. The van der Waals surface area contributed by atoms with E-state index in [1.165, 1.54) is 0 Å². The molecule has 0 saturated heterocycles. The van der Waals surface area contributed by atoms with Crippen LogP contribution in [0.3, 0.4) is 0 Å². The molecule has 0 aromatic heterocycles. The summed E-state index contributed by atoms with van der Waals surface area (Å²) in [5.41, 5.74) is 12.0. The first kappa shape index (κ1) is 10.3. The van der Waals surface area contributed by atoms with Gasteiger partial charge in [0.2, 0.25) is 0 Å². The van der Waals surface area contributed by atoms with Gasteiger partial charge < -0.3 is 16.2 Å². The molecule has 0 aliphatic carbocycles. The molecule has 1 atom stereocenters. The van der Waals surface area contributed by atoms with Crippen molar-refractivity contribution in [3.8, 4) is 5.75 Å². The highest BCUT2D eigenvalue weighted by Crippen LogP contribution is 2.30. The van der Waals surface area contributed by atoms with E-state index in [2.05, 4.69) is 0 Å². The van der Waals surface area contributed by atoms with Crippen molar-refractivity contribution in [1.29, 1.82) is 0 Å². The first-order valence-corrected chi connectivity index (χ1v) is 4.36. The standard InChI is InChI=1S/C9H13ClN2O/c1-13-8-4-2-3-6(10)9(8)7(12)5-11/h2-4,7H,5,11-12H2,1H3/t7-/m0/s1. The maximum atomic E-state index is 5.97. The van der Waals surface area contributed by atoms with Gasteiger partial charge in [0.15, 0.2) is 0 Å². The molecule has 0 saturated carbocycles. The lowest BCUT2D eigenvalue weighted by atomic mass is 10.1. The number of methoxy groups -OCH3 is 1. The van der Waals surface area contributed by atoms with Crippen LogP contribution in [-0.4, -0.2) is 13.7 Å². The molecule has 1 aromatic rings. The van der Waals surface area contributed by atoms with E-state index in [0.29, 0.717) is 17.3 Å². The van der Waals surface area contributed by atoms with E-state index in [0.717, 1.165) is 5.56 Å². The maximum Gasteiger partial charge on any atom is 0.125 e. The fourth-order valence-corrected chi connectivity index (χ4v) is 1.48. The quantitative estimate of drug-likeness (QED) is 0.774. The third kappa shape index (κ3) is 2.12. The number of hydrogen-bond acceptors (Lipinski definition) is 3. The van der Waals surface area contributed by atoms with Crippen LogP contribution in [0.15, 0.2) is 18.2 Å². The third-order valence-corrected chi connectivity index (χ3v) is 2.19. The zero-order chi connectivity index (χ0) is 9.84. The van der Waals surface area contributed by atoms with Crippen molar-refractivity contribution >= 4 is 11.6 Å². The number of halogens is 1. The van der Waals surface area contributed by atoms with Crippen molar-refractivity contribution in [2.24, 2.45) is 11.5 Å². The van der Waals surface area contributed by atoms with Crippen molar-refractivity contribution in [1.82, 2.24) is 0 Å². The summed E-state index contributed by atoms with van der Waals surface area (Å²) in [6, 6.07) is 5.13. The summed E-state index contributed by atoms with van der Waals surface area (Å²) in [5.74, 6) is 0.686. The largest absolute Gasteiger partial charge is 0.496 e. The van der Waals surface area contributed by atoms with E-state index < -0.39 is 0 Å². The van der Waals surface area contributed by atoms with Gasteiger partial charge in [0, 0.05) is 23.2 Å². The van der Waals surface area contributed by atoms with Gasteiger partial charge in [-0.1, -0.05) is 17.7 Å². The normalized spacial score (nSPS) is 12.6. The second kappa shape index (κ2) is 4.46. The van der Waals surface area contributed by atoms with Gasteiger partial charge in [0.25, 0.3) is 0 Å². The van der Waals surface area contributed by atoms with Crippen LogP contribution in [0.2, 0.25) is 5.02 Å². The Morgan fingerprint density at radius 1 is 1.54 bits per heavy atom. The van der Waals surface area contributed by atoms with Crippen molar-refractivity contribution in [2.45, 2.75) is 6.04 Å². The number of ether oxygens (including phenoxy) is 1. The fraction of sp³-hybridized carbons (Fsp3) is 0.333. The van der Waals surface area contributed by atoms with Crippen LogP contribution in [0.1, 0.15) is 11.6 Å². The Balaban J connectivity index is 3.14. The summed E-state index contributed by atoms with van der Waals surface area (Å²) in [7, 11) is 1.58. The Hall–Kier alpha value is -0.770. The maximum absolute atomic E-state index is 5.97. The van der Waals surface area contributed by atoms with E-state index in [4.69, 9.17) is 27.8 Å². The third-order valence-electron chi connectivity index (χ3n) is 1.86. The van der Waals surface area contributed by atoms with Gasteiger partial charge in [0.1, 0.15) is 5.75 Å². The fourth-order valence-electron chi connectivity index (χ4n) is 1.17. The van der Waals surface area contributed by atoms with E-state index in [-0.39, 0.29) is 6.04 Å². The van der Waals surface area contributed by atoms with Crippen molar-refractivity contribution in [2.75, 3.05) is 13.7 Å². The SMILES string of the molecule is COc1cccc(Cl)c1[C@@H](N)CN. The Labute approximate surface area is 82.6 Å². The van der Waals surface area contributed by atoms with Crippen LogP contribution in [0.5, 0.6) is 5.75 Å². The molecule has 0 heterocycles. The molecule has 1 aromatic carbocycles. The molecule has 72 valence electrons. The van der Waals surface area contributed by atoms with Crippen LogP contribution in [-0.2, 0) is 0 Å². The van der Waals surface area contributed by atoms with Crippen molar-refractivity contribution in [3.05, 3.63) is 28.8 Å². The molecular formula is C9H13ClN2O. The number of benzene rings is 1. The van der Waals surface area contributed by atoms with E-state index in [9.17, 15) is 0 Å². The van der Waals surface area contributed by atoms with Crippen molar-refractivity contribution in [3.63, 3.8) is 0 Å². The minimum atomic E-state index is -0.274. The Bertz CT molecular complexity index is 291. The first-order chi connectivity index (χ1) is 6.20. The summed E-state index contributed by atoms with van der Waals surface area (Å²) in [5, 5.41) is 0.595. The van der Waals surface area contributed by atoms with Crippen LogP contribution < -0.4 is 16.2 Å². The number of rotatable bonds is 3. The molecule has 1 rings (SSSR count). The predicted octanol–water partition coefficient (Wildman–Crippen LogP) is 1.31. The lowest BCUT2D eigenvalue weighted by Gasteiger charge is -2.15. The topological polar surface area (TPSA) is 61.3 Å². The molecule has 4 heteroatoms. The lowest BCUT2D eigenvalue weighted by Crippen LogP contribution is -2.21. The van der Waals surface area contributed by atoms with Crippen LogP contribution in [0.4, 0.5) is 0 Å². The van der Waals surface area contributed by atoms with Gasteiger partial charge in [-0.2, -0.15) is 0 Å². The molecule has 0 bridgehead atoms. The average Bonchev–Trinajstić information content (AvgIpc) is 2.16. The van der Waals surface area contributed by atoms with Crippen LogP contribution in [0, 0.1) is 0 Å². The monoisotopic (exact) mass is 200 g/mol. The average molecular weight is 201 g/mol. The van der Waals surface area contributed by atoms with Gasteiger partial charge in [0.05, 0.1) is 7.11 Å². The molecule has 0 spiro atoms. The highest BCUT2D eigenvalue weighted by molar-refractivity contribution is 6.31. The molecule has 3 nitrogen and oxygen atoms in total. The summed E-state index contributed by atoms with van der Waals surface area (Å²) in [6.45, 7) is 0.347. The molecule has 4 N–H and O–H groups in total. The van der Waals surface area contributed by atoms with Gasteiger partial charge in [-0.05, 0) is 12.1 Å². The van der Waals surface area contributed by atoms with Crippen LogP contribution in [0.25, 0.3) is 0 Å². The summed E-state index contributed by atoms with van der Waals surface area (Å²) in [6.07, 6.45) is 0. The second-order valence-corrected chi connectivity index (χ2v) is 3.11. The first-order valence-electron chi connectivity index (χ1n) is 3.98. The van der Waals surface area contributed by atoms with Crippen molar-refractivity contribution < 1.29 is 4.74 Å². The summed E-state index contributed by atoms with van der Waals surface area (Å²) in [4.78, 5) is 0. The van der Waals surface area contributed by atoms with Gasteiger partial charge >= 0.3 is 0 Å². The Morgan fingerprint density at radius 2 is 2.23 bits per heavy atom. The number of nitrogens with two attached hydrogens (primary N) is 2. The molecule has 0 amide bonds. The highest BCUT2D eigenvalue weighted by Gasteiger charge is 2.13. The minimum Gasteiger partial charge on any atom is -0.496 e. The Kier molecular flexibility index (Phi) is 3.54. The molecule has 0 fully saturated rings. The Morgan fingerprint density at radius 3 is 2.77 bits per heavy atom. The molecule has 0 unspecified atom stereocenters.